The van der Waals surface area contributed by atoms with Crippen molar-refractivity contribution < 1.29 is 4.74 Å². The van der Waals surface area contributed by atoms with Crippen molar-refractivity contribution in [3.05, 3.63) is 72.2 Å². The zero-order valence-corrected chi connectivity index (χ0v) is 18.2. The Balaban J connectivity index is 1.24. The first-order valence-electron chi connectivity index (χ1n) is 11.2. The Morgan fingerprint density at radius 2 is 1.97 bits per heavy atom. The van der Waals surface area contributed by atoms with Gasteiger partial charge in [-0.1, -0.05) is 30.3 Å². The molecule has 166 valence electrons. The lowest BCUT2D eigenvalue weighted by molar-refractivity contribution is 0.0375. The highest BCUT2D eigenvalue weighted by atomic mass is 16.5. The molecular weight excluding hydrogens is 400 g/mol. The van der Waals surface area contributed by atoms with Gasteiger partial charge in [-0.2, -0.15) is 0 Å². The Morgan fingerprint density at radius 1 is 1.09 bits per heavy atom. The number of nitrogens with two attached hydrogens (primary N) is 1. The summed E-state index contributed by atoms with van der Waals surface area (Å²) in [4.78, 5) is 10.3. The number of hydrogen-bond acceptors (Lipinski definition) is 6. The van der Waals surface area contributed by atoms with Gasteiger partial charge in [-0.15, -0.1) is 0 Å². The summed E-state index contributed by atoms with van der Waals surface area (Å²) < 4.78 is 5.41. The number of aromatic nitrogens is 1. The maximum atomic E-state index is 6.69. The van der Waals surface area contributed by atoms with Crippen LogP contribution in [0.2, 0.25) is 0 Å². The van der Waals surface area contributed by atoms with Crippen LogP contribution in [0.5, 0.6) is 0 Å². The maximum Gasteiger partial charge on any atom is 0.210 e. The molecule has 0 aliphatic carbocycles. The number of aliphatic imine (C=N–C) groups is 1. The number of allylic oxidation sites excluding steroid dienone is 1. The highest BCUT2D eigenvalue weighted by Gasteiger charge is 2.28. The lowest BCUT2D eigenvalue weighted by atomic mass is 9.99. The minimum Gasteiger partial charge on any atom is -0.379 e. The van der Waals surface area contributed by atoms with Crippen LogP contribution in [-0.2, 0) is 10.5 Å². The first kappa shape index (κ1) is 20.8. The van der Waals surface area contributed by atoms with Crippen molar-refractivity contribution in [3.8, 4) is 11.1 Å². The Kier molecular flexibility index (Phi) is 5.94. The predicted molar refractivity (Wildman–Crippen MR) is 129 cm³/mol. The van der Waals surface area contributed by atoms with E-state index in [2.05, 4.69) is 61.9 Å². The van der Waals surface area contributed by atoms with Crippen molar-refractivity contribution in [2.45, 2.75) is 12.2 Å². The number of rotatable bonds is 7. The molecule has 2 aliphatic rings. The zero-order chi connectivity index (χ0) is 21.8. The molecule has 3 heterocycles. The fraction of sp³-hybridized carbons (Fsp3) is 0.320. The molecule has 1 atom stereocenters. The van der Waals surface area contributed by atoms with E-state index in [0.717, 1.165) is 73.8 Å². The molecule has 3 aromatic rings. The van der Waals surface area contributed by atoms with E-state index in [1.54, 1.807) is 6.21 Å². The number of hydrogen-bond donors (Lipinski definition) is 4. The van der Waals surface area contributed by atoms with Crippen molar-refractivity contribution in [1.29, 1.82) is 0 Å². The van der Waals surface area contributed by atoms with Crippen LogP contribution in [0.4, 0.5) is 0 Å². The van der Waals surface area contributed by atoms with Crippen molar-refractivity contribution >= 4 is 17.1 Å². The standard InChI is InChI=1S/C25H30N6O/c26-25(29-11-8-24(30-25)28-9-2-12-31-13-15-32-16-14-31)22-4-1-3-20(17-22)21-6-5-19-7-10-27-23(19)18-21/h1,3-8,10-11,17-18,27-28,30H,2,9,12-16,26H2. The van der Waals surface area contributed by atoms with Crippen LogP contribution in [0.25, 0.3) is 22.0 Å². The minimum atomic E-state index is -1.01. The van der Waals surface area contributed by atoms with Crippen LogP contribution in [0.15, 0.2) is 71.6 Å². The molecule has 1 saturated heterocycles. The van der Waals surface area contributed by atoms with Gasteiger partial charge in [-0.3, -0.25) is 10.6 Å². The molecule has 1 unspecified atom stereocenters. The summed E-state index contributed by atoms with van der Waals surface area (Å²) in [7, 11) is 0. The van der Waals surface area contributed by atoms with Crippen molar-refractivity contribution in [1.82, 2.24) is 20.5 Å². The van der Waals surface area contributed by atoms with Crippen LogP contribution in [-0.4, -0.2) is 55.5 Å². The normalized spacial score (nSPS) is 21.3. The predicted octanol–water partition coefficient (Wildman–Crippen LogP) is 2.73. The fourth-order valence-electron chi connectivity index (χ4n) is 4.27. The lowest BCUT2D eigenvalue weighted by Crippen LogP contribution is -2.52. The van der Waals surface area contributed by atoms with Gasteiger partial charge in [0.05, 0.1) is 13.2 Å². The first-order chi connectivity index (χ1) is 15.7. The maximum absolute atomic E-state index is 6.69. The second-order valence-corrected chi connectivity index (χ2v) is 8.34. The van der Waals surface area contributed by atoms with Gasteiger partial charge in [0.25, 0.3) is 0 Å². The van der Waals surface area contributed by atoms with Gasteiger partial charge in [0.15, 0.2) is 0 Å². The Bertz CT molecular complexity index is 1130. The number of aromatic amines is 1. The van der Waals surface area contributed by atoms with E-state index in [0.29, 0.717) is 0 Å². The molecule has 0 saturated carbocycles. The lowest BCUT2D eigenvalue weighted by Gasteiger charge is -2.32. The highest BCUT2D eigenvalue weighted by molar-refractivity contribution is 5.85. The quantitative estimate of drug-likeness (QED) is 0.433. The van der Waals surface area contributed by atoms with Gasteiger partial charge in [0.2, 0.25) is 5.79 Å². The third-order valence-electron chi connectivity index (χ3n) is 6.11. The van der Waals surface area contributed by atoms with E-state index in [-0.39, 0.29) is 0 Å². The SMILES string of the molecule is NC1(c2cccc(-c3ccc4cc[nH]c4c3)c2)N=CC=C(NCCCN2CCOCC2)N1. The van der Waals surface area contributed by atoms with E-state index >= 15 is 0 Å². The number of benzene rings is 2. The molecule has 2 aromatic carbocycles. The van der Waals surface area contributed by atoms with E-state index in [9.17, 15) is 0 Å². The smallest absolute Gasteiger partial charge is 0.210 e. The average molecular weight is 431 g/mol. The number of nitrogens with zero attached hydrogens (tertiary/aromatic N) is 2. The van der Waals surface area contributed by atoms with E-state index in [4.69, 9.17) is 10.5 Å². The molecular formula is C25H30N6O. The summed E-state index contributed by atoms with van der Waals surface area (Å²) in [5.74, 6) is -0.115. The summed E-state index contributed by atoms with van der Waals surface area (Å²) in [5, 5.41) is 8.05. The molecule has 5 N–H and O–H groups in total. The van der Waals surface area contributed by atoms with Gasteiger partial charge in [-0.25, -0.2) is 4.99 Å². The molecule has 0 bridgehead atoms. The zero-order valence-electron chi connectivity index (χ0n) is 18.2. The van der Waals surface area contributed by atoms with Gasteiger partial charge in [0, 0.05) is 43.1 Å². The second-order valence-electron chi connectivity index (χ2n) is 8.34. The van der Waals surface area contributed by atoms with Crippen LogP contribution >= 0.6 is 0 Å². The van der Waals surface area contributed by atoms with Crippen LogP contribution < -0.4 is 16.4 Å². The second kappa shape index (κ2) is 9.16. The van der Waals surface area contributed by atoms with E-state index < -0.39 is 5.79 Å². The number of morpholine rings is 1. The third kappa shape index (κ3) is 4.55. The number of H-pyrrole nitrogens is 1. The van der Waals surface area contributed by atoms with Crippen molar-refractivity contribution in [3.63, 3.8) is 0 Å². The summed E-state index contributed by atoms with van der Waals surface area (Å²) >= 11 is 0. The Morgan fingerprint density at radius 3 is 2.88 bits per heavy atom. The largest absolute Gasteiger partial charge is 0.379 e. The molecule has 0 amide bonds. The van der Waals surface area contributed by atoms with E-state index in [1.807, 2.05) is 24.4 Å². The summed E-state index contributed by atoms with van der Waals surface area (Å²) in [6, 6.07) is 16.8. The number of nitrogens with one attached hydrogen (secondary N) is 3. The molecule has 0 radical (unpaired) electrons. The fourth-order valence-corrected chi connectivity index (χ4v) is 4.27. The molecule has 1 fully saturated rings. The monoisotopic (exact) mass is 430 g/mol. The molecule has 5 rings (SSSR count). The molecule has 7 heteroatoms. The highest BCUT2D eigenvalue weighted by Crippen LogP contribution is 2.28. The summed E-state index contributed by atoms with van der Waals surface area (Å²) in [6.45, 7) is 5.66. The molecule has 2 aliphatic heterocycles. The summed E-state index contributed by atoms with van der Waals surface area (Å²) in [6.07, 6.45) is 6.73. The Hall–Kier alpha value is -3.13. The number of fused-ring (bicyclic) bond motifs is 1. The first-order valence-corrected chi connectivity index (χ1v) is 11.2. The molecule has 7 nitrogen and oxygen atoms in total. The third-order valence-corrected chi connectivity index (χ3v) is 6.11. The van der Waals surface area contributed by atoms with Gasteiger partial charge in [0.1, 0.15) is 5.82 Å². The van der Waals surface area contributed by atoms with Crippen molar-refractivity contribution in [2.24, 2.45) is 10.7 Å². The van der Waals surface area contributed by atoms with Gasteiger partial charge < -0.3 is 20.4 Å². The number of ether oxygens (including phenoxy) is 1. The average Bonchev–Trinajstić information content (AvgIpc) is 3.31. The summed E-state index contributed by atoms with van der Waals surface area (Å²) in [5.41, 5.74) is 11.0. The van der Waals surface area contributed by atoms with Crippen LogP contribution in [0, 0.1) is 0 Å². The van der Waals surface area contributed by atoms with Crippen molar-refractivity contribution in [2.75, 3.05) is 39.4 Å². The Labute approximate surface area is 188 Å². The molecule has 32 heavy (non-hydrogen) atoms. The van der Waals surface area contributed by atoms with Crippen LogP contribution in [0.1, 0.15) is 12.0 Å². The molecule has 1 aromatic heterocycles. The van der Waals surface area contributed by atoms with Gasteiger partial charge >= 0.3 is 0 Å². The molecule has 0 spiro atoms. The van der Waals surface area contributed by atoms with Gasteiger partial charge in [-0.05, 0) is 53.8 Å². The van der Waals surface area contributed by atoms with E-state index in [1.165, 1.54) is 5.39 Å². The minimum absolute atomic E-state index is 0.838. The van der Waals surface area contributed by atoms with Crippen LogP contribution in [0.3, 0.4) is 0 Å². The topological polar surface area (TPSA) is 90.7 Å².